The zero-order chi connectivity index (χ0) is 22.0. The number of sulfonamides is 1. The van der Waals surface area contributed by atoms with Gasteiger partial charge in [0.2, 0.25) is 10.0 Å². The molecule has 0 unspecified atom stereocenters. The van der Waals surface area contributed by atoms with Gasteiger partial charge in [0.05, 0.1) is 25.1 Å². The molecule has 0 aliphatic carbocycles. The minimum Gasteiger partial charge on any atom is -0.497 e. The number of methoxy groups -OCH3 is 1. The van der Waals surface area contributed by atoms with Crippen molar-refractivity contribution in [3.8, 4) is 5.75 Å². The van der Waals surface area contributed by atoms with E-state index >= 15 is 0 Å². The maximum absolute atomic E-state index is 12.9. The van der Waals surface area contributed by atoms with Crippen LogP contribution in [0.1, 0.15) is 22.5 Å². The summed E-state index contributed by atoms with van der Waals surface area (Å²) in [5, 5.41) is 0. The van der Waals surface area contributed by atoms with E-state index < -0.39 is 10.0 Å². The fourth-order valence-corrected chi connectivity index (χ4v) is 4.45. The van der Waals surface area contributed by atoms with Gasteiger partial charge in [0.1, 0.15) is 17.1 Å². The molecule has 0 aliphatic heterocycles. The summed E-state index contributed by atoms with van der Waals surface area (Å²) in [6.45, 7) is 4.39. The molecule has 4 rings (SSSR count). The lowest BCUT2D eigenvalue weighted by molar-refractivity contribution is 0.414. The summed E-state index contributed by atoms with van der Waals surface area (Å²) >= 11 is 0. The fraction of sp³-hybridized carbons (Fsp3) is 0.217. The molecule has 0 fully saturated rings. The molecule has 1 N–H and O–H groups in total. The predicted octanol–water partition coefficient (Wildman–Crippen LogP) is 3.58. The molecule has 7 nitrogen and oxygen atoms in total. The van der Waals surface area contributed by atoms with Gasteiger partial charge in [-0.2, -0.15) is 0 Å². The van der Waals surface area contributed by atoms with Gasteiger partial charge in [0.15, 0.2) is 5.65 Å². The summed E-state index contributed by atoms with van der Waals surface area (Å²) in [4.78, 5) is 9.32. The van der Waals surface area contributed by atoms with Crippen LogP contribution in [-0.4, -0.2) is 30.1 Å². The maximum Gasteiger partial charge on any atom is 0.240 e. The van der Waals surface area contributed by atoms with Crippen molar-refractivity contribution in [1.29, 1.82) is 0 Å². The van der Waals surface area contributed by atoms with Crippen molar-refractivity contribution in [2.24, 2.45) is 0 Å². The van der Waals surface area contributed by atoms with Crippen molar-refractivity contribution < 1.29 is 13.2 Å². The van der Waals surface area contributed by atoms with Crippen molar-refractivity contribution >= 4 is 21.2 Å². The van der Waals surface area contributed by atoms with Gasteiger partial charge >= 0.3 is 0 Å². The van der Waals surface area contributed by atoms with Gasteiger partial charge in [-0.05, 0) is 66.9 Å². The van der Waals surface area contributed by atoms with Gasteiger partial charge in [0.25, 0.3) is 0 Å². The van der Waals surface area contributed by atoms with E-state index in [2.05, 4.69) is 14.7 Å². The van der Waals surface area contributed by atoms with E-state index in [9.17, 15) is 8.42 Å². The van der Waals surface area contributed by atoms with E-state index in [1.807, 2.05) is 60.9 Å². The largest absolute Gasteiger partial charge is 0.497 e. The molecule has 0 bridgehead atoms. The van der Waals surface area contributed by atoms with Gasteiger partial charge in [-0.25, -0.2) is 23.1 Å². The predicted molar refractivity (Wildman–Crippen MR) is 120 cm³/mol. The summed E-state index contributed by atoms with van der Waals surface area (Å²) in [5.74, 6) is 1.34. The third-order valence-electron chi connectivity index (χ3n) is 5.27. The summed E-state index contributed by atoms with van der Waals surface area (Å²) < 4.78 is 35.6. The summed E-state index contributed by atoms with van der Waals surface area (Å²) in [6, 6.07) is 16.5. The van der Waals surface area contributed by atoms with Gasteiger partial charge in [-0.15, -0.1) is 0 Å². The third kappa shape index (κ3) is 4.45. The molecule has 0 saturated heterocycles. The van der Waals surface area contributed by atoms with Crippen LogP contribution in [0.2, 0.25) is 0 Å². The first-order chi connectivity index (χ1) is 14.9. The molecular weight excluding hydrogens is 412 g/mol. The minimum atomic E-state index is -3.68. The summed E-state index contributed by atoms with van der Waals surface area (Å²) in [5.41, 5.74) is 4.39. The topological polar surface area (TPSA) is 86.1 Å². The van der Waals surface area contributed by atoms with E-state index in [1.54, 1.807) is 25.4 Å². The lowest BCUT2D eigenvalue weighted by Crippen LogP contribution is -2.25. The molecule has 160 valence electrons. The Morgan fingerprint density at radius 2 is 1.87 bits per heavy atom. The minimum absolute atomic E-state index is 0.0512. The maximum atomic E-state index is 12.9. The van der Waals surface area contributed by atoms with Crippen molar-refractivity contribution in [1.82, 2.24) is 19.3 Å². The van der Waals surface area contributed by atoms with Gasteiger partial charge < -0.3 is 9.30 Å². The van der Waals surface area contributed by atoms with Gasteiger partial charge in [0, 0.05) is 6.20 Å². The first-order valence-electron chi connectivity index (χ1n) is 9.87. The van der Waals surface area contributed by atoms with Crippen LogP contribution in [0.4, 0.5) is 0 Å². The van der Waals surface area contributed by atoms with Crippen molar-refractivity contribution in [2.75, 3.05) is 7.11 Å². The Morgan fingerprint density at radius 3 is 2.65 bits per heavy atom. The number of benzene rings is 2. The van der Waals surface area contributed by atoms with E-state index in [0.29, 0.717) is 23.5 Å². The van der Waals surface area contributed by atoms with Crippen LogP contribution in [-0.2, 0) is 23.1 Å². The number of aromatic nitrogens is 3. The van der Waals surface area contributed by atoms with E-state index in [1.165, 1.54) is 0 Å². The van der Waals surface area contributed by atoms with Crippen LogP contribution in [0, 0.1) is 13.8 Å². The number of hydrogen-bond acceptors (Lipinski definition) is 5. The first-order valence-corrected chi connectivity index (χ1v) is 11.4. The first kappa shape index (κ1) is 21.0. The van der Waals surface area contributed by atoms with E-state index in [4.69, 9.17) is 4.74 Å². The lowest BCUT2D eigenvalue weighted by atomic mass is 10.1. The highest BCUT2D eigenvalue weighted by Gasteiger charge is 2.18. The monoisotopic (exact) mass is 436 g/mol. The average molecular weight is 437 g/mol. The smallest absolute Gasteiger partial charge is 0.240 e. The molecule has 8 heteroatoms. The molecular formula is C23H24N4O3S. The molecule has 4 aromatic rings. The number of hydrogen-bond donors (Lipinski definition) is 1. The molecule has 2 aromatic carbocycles. The highest BCUT2D eigenvalue weighted by Crippen LogP contribution is 2.20. The van der Waals surface area contributed by atoms with Crippen LogP contribution in [0.3, 0.4) is 0 Å². The summed E-state index contributed by atoms with van der Waals surface area (Å²) in [6.07, 6.45) is 1.70. The number of fused-ring (bicyclic) bond motifs is 1. The standard InChI is InChI=1S/C23H24N4O3S/c1-16-9-10-20(12-17(16)2)31(28,29)25-14-22-26-21-8-5-11-24-23(21)27(22)15-18-6-4-7-19(13-18)30-3/h4-13,25H,14-15H2,1-3H3. The second-order valence-corrected chi connectivity index (χ2v) is 9.15. The van der Waals surface area contributed by atoms with Crippen molar-refractivity contribution in [3.63, 3.8) is 0 Å². The van der Waals surface area contributed by atoms with Crippen LogP contribution in [0.25, 0.3) is 11.2 Å². The number of rotatable bonds is 7. The van der Waals surface area contributed by atoms with Crippen LogP contribution < -0.4 is 9.46 Å². The van der Waals surface area contributed by atoms with E-state index in [-0.39, 0.29) is 11.4 Å². The molecule has 0 atom stereocenters. The molecule has 0 spiro atoms. The number of pyridine rings is 1. The van der Waals surface area contributed by atoms with Crippen LogP contribution >= 0.6 is 0 Å². The zero-order valence-electron chi connectivity index (χ0n) is 17.7. The fourth-order valence-electron chi connectivity index (χ4n) is 3.38. The van der Waals surface area contributed by atoms with Gasteiger partial charge in [-0.3, -0.25) is 0 Å². The third-order valence-corrected chi connectivity index (χ3v) is 6.67. The summed E-state index contributed by atoms with van der Waals surface area (Å²) in [7, 11) is -2.05. The average Bonchev–Trinajstić information content (AvgIpc) is 3.12. The van der Waals surface area contributed by atoms with Gasteiger partial charge in [-0.1, -0.05) is 18.2 Å². The lowest BCUT2D eigenvalue weighted by Gasteiger charge is -2.12. The molecule has 31 heavy (non-hydrogen) atoms. The second kappa shape index (κ2) is 8.49. The molecule has 0 radical (unpaired) electrons. The van der Waals surface area contributed by atoms with Crippen LogP contribution in [0.15, 0.2) is 65.7 Å². The molecule has 2 aromatic heterocycles. The Labute approximate surface area is 181 Å². The Kier molecular flexibility index (Phi) is 5.75. The highest BCUT2D eigenvalue weighted by molar-refractivity contribution is 7.89. The van der Waals surface area contributed by atoms with Crippen molar-refractivity contribution in [3.05, 3.63) is 83.3 Å². The number of nitrogens with zero attached hydrogens (tertiary/aromatic N) is 3. The Bertz CT molecular complexity index is 1350. The number of imidazole rings is 1. The molecule has 0 saturated carbocycles. The Hall–Kier alpha value is -3.23. The van der Waals surface area contributed by atoms with Crippen LogP contribution in [0.5, 0.6) is 5.75 Å². The number of ether oxygens (including phenoxy) is 1. The number of aryl methyl sites for hydroxylation is 2. The molecule has 2 heterocycles. The Balaban J connectivity index is 1.65. The highest BCUT2D eigenvalue weighted by atomic mass is 32.2. The normalized spacial score (nSPS) is 11.7. The molecule has 0 amide bonds. The zero-order valence-corrected chi connectivity index (χ0v) is 18.5. The second-order valence-electron chi connectivity index (χ2n) is 7.38. The Morgan fingerprint density at radius 1 is 1.03 bits per heavy atom. The van der Waals surface area contributed by atoms with E-state index in [0.717, 1.165) is 22.4 Å². The molecule has 0 aliphatic rings. The van der Waals surface area contributed by atoms with Crippen molar-refractivity contribution in [2.45, 2.75) is 31.8 Å². The SMILES string of the molecule is COc1cccc(Cn2c(CNS(=O)(=O)c3ccc(C)c(C)c3)nc3cccnc32)c1. The number of nitrogens with one attached hydrogen (secondary N) is 1. The quantitative estimate of drug-likeness (QED) is 0.479.